The molecule has 0 unspecified atom stereocenters. The molecule has 0 spiro atoms. The number of nitrogens with zero attached hydrogens (tertiary/aromatic N) is 3. The molecule has 10 heteroatoms. The zero-order valence-corrected chi connectivity index (χ0v) is 15.4. The maximum Gasteiger partial charge on any atom is 0.329 e. The highest BCUT2D eigenvalue weighted by atomic mass is 32.2. The maximum atomic E-state index is 12.6. The number of fused-ring (bicyclic) bond motifs is 1. The molecule has 1 saturated heterocycles. The third-order valence-corrected chi connectivity index (χ3v) is 7.48. The maximum absolute atomic E-state index is 12.6. The third-order valence-electron chi connectivity index (χ3n) is 5.08. The lowest BCUT2D eigenvalue weighted by Crippen LogP contribution is -2.52. The van der Waals surface area contributed by atoms with Crippen LogP contribution in [0, 0.1) is 0 Å². The molecule has 144 valence electrons. The van der Waals surface area contributed by atoms with E-state index in [1.807, 2.05) is 0 Å². The number of hydrogen-bond acceptors (Lipinski definition) is 5. The molecule has 2 aliphatic rings. The van der Waals surface area contributed by atoms with Crippen molar-refractivity contribution in [2.24, 2.45) is 0 Å². The number of nitrogens with one attached hydrogen (secondary N) is 1. The molecule has 1 aromatic heterocycles. The van der Waals surface area contributed by atoms with Crippen LogP contribution in [0.1, 0.15) is 12.8 Å². The summed E-state index contributed by atoms with van der Waals surface area (Å²) < 4.78 is 26.8. The van der Waals surface area contributed by atoms with Gasteiger partial charge in [0, 0.05) is 26.2 Å². The average molecular weight is 392 g/mol. The highest BCUT2D eigenvalue weighted by Crippen LogP contribution is 2.31. The van der Waals surface area contributed by atoms with Crippen molar-refractivity contribution in [3.8, 4) is 0 Å². The summed E-state index contributed by atoms with van der Waals surface area (Å²) in [6.07, 6.45) is 1.41. The molecule has 1 N–H and O–H groups in total. The van der Waals surface area contributed by atoms with Crippen molar-refractivity contribution >= 4 is 26.8 Å². The molecule has 0 radical (unpaired) electrons. The second-order valence-electron chi connectivity index (χ2n) is 6.89. The Morgan fingerprint density at radius 2 is 1.74 bits per heavy atom. The zero-order chi connectivity index (χ0) is 19.2. The van der Waals surface area contributed by atoms with Gasteiger partial charge in [-0.2, -0.15) is 4.31 Å². The molecular weight excluding hydrogens is 372 g/mol. The van der Waals surface area contributed by atoms with E-state index < -0.39 is 21.3 Å². The number of H-pyrrole nitrogens is 1. The molecule has 9 nitrogen and oxygen atoms in total. The van der Waals surface area contributed by atoms with Crippen LogP contribution in [0.25, 0.3) is 10.9 Å². The highest BCUT2D eigenvalue weighted by Gasteiger charge is 2.41. The predicted molar refractivity (Wildman–Crippen MR) is 98.9 cm³/mol. The van der Waals surface area contributed by atoms with E-state index in [0.717, 1.165) is 4.57 Å². The van der Waals surface area contributed by atoms with Gasteiger partial charge >= 0.3 is 5.69 Å². The molecule has 4 rings (SSSR count). The number of rotatable bonds is 4. The van der Waals surface area contributed by atoms with Gasteiger partial charge in [-0.25, -0.2) is 13.2 Å². The van der Waals surface area contributed by atoms with Crippen molar-refractivity contribution < 1.29 is 13.2 Å². The number of para-hydroxylation sites is 1. The van der Waals surface area contributed by atoms with Crippen LogP contribution in [0.4, 0.5) is 0 Å². The van der Waals surface area contributed by atoms with Gasteiger partial charge in [0.05, 0.1) is 16.2 Å². The second-order valence-corrected chi connectivity index (χ2v) is 9.10. The Morgan fingerprint density at radius 1 is 1.07 bits per heavy atom. The van der Waals surface area contributed by atoms with Gasteiger partial charge in [-0.3, -0.25) is 14.2 Å². The summed E-state index contributed by atoms with van der Waals surface area (Å²) in [5, 5.41) is 0.0692. The van der Waals surface area contributed by atoms with E-state index in [1.54, 1.807) is 24.3 Å². The van der Waals surface area contributed by atoms with Crippen LogP contribution in [0.2, 0.25) is 0 Å². The van der Waals surface area contributed by atoms with Crippen LogP contribution in [0.5, 0.6) is 0 Å². The van der Waals surface area contributed by atoms with Crippen molar-refractivity contribution in [1.82, 2.24) is 18.8 Å². The normalized spacial score (nSPS) is 18.7. The highest BCUT2D eigenvalue weighted by molar-refractivity contribution is 7.90. The smallest absolute Gasteiger partial charge is 0.329 e. The van der Waals surface area contributed by atoms with E-state index >= 15 is 0 Å². The molecule has 1 aliphatic heterocycles. The average Bonchev–Trinajstić information content (AvgIpc) is 3.51. The number of hydrogen-bond donors (Lipinski definition) is 1. The topological polar surface area (TPSA) is 113 Å². The van der Waals surface area contributed by atoms with Crippen LogP contribution in [-0.2, 0) is 21.4 Å². The lowest BCUT2D eigenvalue weighted by atomic mass is 10.2. The van der Waals surface area contributed by atoms with Crippen LogP contribution in [0.15, 0.2) is 33.9 Å². The second kappa shape index (κ2) is 6.61. The van der Waals surface area contributed by atoms with E-state index in [2.05, 4.69) is 4.98 Å². The lowest BCUT2D eigenvalue weighted by molar-refractivity contribution is -0.133. The molecule has 0 atom stereocenters. The fourth-order valence-corrected chi connectivity index (χ4v) is 5.17. The summed E-state index contributed by atoms with van der Waals surface area (Å²) >= 11 is 0. The van der Waals surface area contributed by atoms with E-state index in [4.69, 9.17) is 0 Å². The minimum atomic E-state index is -3.25. The van der Waals surface area contributed by atoms with Crippen LogP contribution in [-0.4, -0.2) is 64.5 Å². The molecule has 1 aliphatic carbocycles. The molecule has 1 aromatic carbocycles. The molecule has 1 saturated carbocycles. The first-order valence-corrected chi connectivity index (χ1v) is 10.4. The van der Waals surface area contributed by atoms with E-state index in [-0.39, 0.29) is 43.9 Å². The number of benzene rings is 1. The van der Waals surface area contributed by atoms with Gasteiger partial charge in [-0.05, 0) is 25.0 Å². The molecule has 27 heavy (non-hydrogen) atoms. The van der Waals surface area contributed by atoms with Gasteiger partial charge in [0.25, 0.3) is 5.56 Å². The van der Waals surface area contributed by atoms with Crippen molar-refractivity contribution in [2.75, 3.05) is 26.2 Å². The fraction of sp³-hybridized carbons (Fsp3) is 0.471. The first-order chi connectivity index (χ1) is 12.9. The number of aromatic nitrogens is 2. The Morgan fingerprint density at radius 3 is 2.41 bits per heavy atom. The fourth-order valence-electron chi connectivity index (χ4n) is 3.35. The minimum absolute atomic E-state index is 0.244. The molecule has 0 bridgehead atoms. The van der Waals surface area contributed by atoms with Crippen LogP contribution in [0.3, 0.4) is 0 Å². The molecule has 2 aromatic rings. The molecule has 2 fully saturated rings. The Bertz CT molecular complexity index is 1110. The van der Waals surface area contributed by atoms with E-state index in [9.17, 15) is 22.8 Å². The lowest BCUT2D eigenvalue weighted by Gasteiger charge is -2.34. The first-order valence-electron chi connectivity index (χ1n) is 8.86. The largest absolute Gasteiger partial charge is 0.338 e. The quantitative estimate of drug-likeness (QED) is 0.741. The van der Waals surface area contributed by atoms with Gasteiger partial charge in [0.1, 0.15) is 6.54 Å². The SMILES string of the molecule is O=C(Cn1c(=O)[nH]c2ccccc2c1=O)N1CCN(S(=O)(=O)C2CC2)CC1. The van der Waals surface area contributed by atoms with Crippen LogP contribution >= 0.6 is 0 Å². The van der Waals surface area contributed by atoms with Crippen molar-refractivity contribution in [3.05, 3.63) is 45.1 Å². The number of carbonyl (C=O) groups is 1. The number of aromatic amines is 1. The molecular formula is C17H20N4O5S. The van der Waals surface area contributed by atoms with Gasteiger partial charge in [0.15, 0.2) is 0 Å². The zero-order valence-electron chi connectivity index (χ0n) is 14.6. The van der Waals surface area contributed by atoms with E-state index in [1.165, 1.54) is 9.21 Å². The Kier molecular flexibility index (Phi) is 4.39. The monoisotopic (exact) mass is 392 g/mol. The van der Waals surface area contributed by atoms with Crippen molar-refractivity contribution in [3.63, 3.8) is 0 Å². The summed E-state index contributed by atoms with van der Waals surface area (Å²) in [6, 6.07) is 6.62. The van der Waals surface area contributed by atoms with Gasteiger partial charge in [-0.1, -0.05) is 12.1 Å². The summed E-state index contributed by atoms with van der Waals surface area (Å²) in [7, 11) is -3.25. The van der Waals surface area contributed by atoms with Crippen LogP contribution < -0.4 is 11.2 Å². The van der Waals surface area contributed by atoms with Crippen molar-refractivity contribution in [2.45, 2.75) is 24.6 Å². The summed E-state index contributed by atoms with van der Waals surface area (Å²) in [6.45, 7) is 0.630. The number of carbonyl (C=O) groups excluding carboxylic acids is 1. The van der Waals surface area contributed by atoms with Gasteiger partial charge in [0.2, 0.25) is 15.9 Å². The minimum Gasteiger partial charge on any atom is -0.338 e. The third kappa shape index (κ3) is 3.30. The van der Waals surface area contributed by atoms with Gasteiger partial charge < -0.3 is 9.88 Å². The number of piperazine rings is 1. The standard InChI is InChI=1S/C17H20N4O5S/c22-15(19-7-9-20(10-8-19)27(25,26)12-5-6-12)11-21-16(23)13-3-1-2-4-14(13)18-17(21)24/h1-4,12H,5-11H2,(H,18,24). The number of sulfonamides is 1. The van der Waals surface area contributed by atoms with Gasteiger partial charge in [-0.15, -0.1) is 0 Å². The molecule has 1 amide bonds. The number of amides is 1. The Balaban J connectivity index is 1.48. The summed E-state index contributed by atoms with van der Waals surface area (Å²) in [5.74, 6) is -0.374. The summed E-state index contributed by atoms with van der Waals surface area (Å²) in [4.78, 5) is 41.4. The predicted octanol–water partition coefficient (Wildman–Crippen LogP) is -0.674. The van der Waals surface area contributed by atoms with E-state index in [0.29, 0.717) is 23.7 Å². The first kappa shape index (κ1) is 17.9. The van der Waals surface area contributed by atoms with Crippen molar-refractivity contribution in [1.29, 1.82) is 0 Å². The summed E-state index contributed by atoms with van der Waals surface area (Å²) in [5.41, 5.74) is -0.727. The molecule has 2 heterocycles. The Hall–Kier alpha value is -2.46. The Labute approximate surface area is 155 Å².